The quantitative estimate of drug-likeness (QED) is 0.529. The number of benzene rings is 2. The first kappa shape index (κ1) is 22.1. The van der Waals surface area contributed by atoms with Crippen LogP contribution in [0.2, 0.25) is 5.02 Å². The third-order valence-corrected chi connectivity index (χ3v) is 7.48. The second-order valence-corrected chi connectivity index (χ2v) is 9.80. The summed E-state index contributed by atoms with van der Waals surface area (Å²) in [5.41, 5.74) is 2.55. The molecular weight excluding hydrogens is 432 g/mol. The van der Waals surface area contributed by atoms with Gasteiger partial charge in [-0.3, -0.25) is 0 Å². The van der Waals surface area contributed by atoms with Crippen molar-refractivity contribution in [2.45, 2.75) is 62.3 Å². The smallest absolute Gasteiger partial charge is 0.119 e. The van der Waals surface area contributed by atoms with Crippen molar-refractivity contribution in [2.75, 3.05) is 6.61 Å². The molecule has 6 nitrogen and oxygen atoms in total. The third-order valence-electron chi connectivity index (χ3n) is 7.11. The summed E-state index contributed by atoms with van der Waals surface area (Å²) in [5.74, 6) is 2.66. The molecule has 5 rings (SSSR count). The van der Waals surface area contributed by atoms with E-state index in [1.54, 1.807) is 12.1 Å². The van der Waals surface area contributed by atoms with E-state index in [0.717, 1.165) is 28.7 Å². The number of fused-ring (bicyclic) bond motifs is 1. The van der Waals surface area contributed by atoms with Gasteiger partial charge in [0.1, 0.15) is 36.3 Å². The molecule has 0 bridgehead atoms. The second-order valence-electron chi connectivity index (χ2n) is 9.39. The summed E-state index contributed by atoms with van der Waals surface area (Å²) in [4.78, 5) is 0. The van der Waals surface area contributed by atoms with Crippen molar-refractivity contribution >= 4 is 11.6 Å². The maximum absolute atomic E-state index is 10.4. The molecular formula is C25H29ClO6. The van der Waals surface area contributed by atoms with Crippen LogP contribution in [-0.2, 0) is 11.2 Å². The van der Waals surface area contributed by atoms with Crippen LogP contribution in [0.1, 0.15) is 42.1 Å². The lowest BCUT2D eigenvalue weighted by Crippen LogP contribution is -2.55. The zero-order chi connectivity index (χ0) is 22.4. The Morgan fingerprint density at radius 3 is 2.31 bits per heavy atom. The Labute approximate surface area is 192 Å². The first-order valence-electron chi connectivity index (χ1n) is 11.3. The summed E-state index contributed by atoms with van der Waals surface area (Å²) in [6.45, 7) is -0.460. The van der Waals surface area contributed by atoms with E-state index in [2.05, 4.69) is 0 Å². The Bertz CT molecular complexity index is 938. The van der Waals surface area contributed by atoms with Crippen molar-refractivity contribution in [1.82, 2.24) is 0 Å². The minimum absolute atomic E-state index is 0.342. The summed E-state index contributed by atoms with van der Waals surface area (Å²) >= 11 is 6.43. The maximum Gasteiger partial charge on any atom is 0.119 e. The maximum atomic E-state index is 10.4. The summed E-state index contributed by atoms with van der Waals surface area (Å²) in [7, 11) is 0. The standard InChI is InChI=1S/C25H29ClO6/c26-20-6-3-14(25-24(30)23(29)22(28)21(12-27)32-25)8-17(20)7-13-1-4-18(5-2-13)31-19-10-15-9-16(15)11-19/h1-6,8,15-16,19,21-25,27-30H,7,9-12H2/t15-,16+,19?,21-,22-,23+,24+,25+/m1/s1. The monoisotopic (exact) mass is 460 g/mol. The highest BCUT2D eigenvalue weighted by molar-refractivity contribution is 6.31. The van der Waals surface area contributed by atoms with Crippen molar-refractivity contribution in [1.29, 1.82) is 0 Å². The largest absolute Gasteiger partial charge is 0.490 e. The van der Waals surface area contributed by atoms with Gasteiger partial charge in [0.05, 0.1) is 12.7 Å². The van der Waals surface area contributed by atoms with Crippen molar-refractivity contribution < 1.29 is 29.9 Å². The van der Waals surface area contributed by atoms with Crippen LogP contribution in [-0.4, -0.2) is 57.6 Å². The number of aliphatic hydroxyl groups is 4. The Kier molecular flexibility index (Phi) is 6.18. The lowest BCUT2D eigenvalue weighted by molar-refractivity contribution is -0.231. The molecule has 2 aromatic carbocycles. The SMILES string of the molecule is OC[C@H]1O[C@@H](c2ccc(Cl)c(Cc3ccc(OC4C[C@@H]5C[C@@H]5C4)cc3)c2)[C@@H](O)[C@@H](O)[C@@H]1O. The van der Waals surface area contributed by atoms with Crippen LogP contribution in [0, 0.1) is 11.8 Å². The van der Waals surface area contributed by atoms with Gasteiger partial charge in [0.2, 0.25) is 0 Å². The lowest BCUT2D eigenvalue weighted by Gasteiger charge is -2.40. The minimum Gasteiger partial charge on any atom is -0.490 e. The molecule has 7 heteroatoms. The van der Waals surface area contributed by atoms with Gasteiger partial charge < -0.3 is 29.9 Å². The molecule has 0 radical (unpaired) electrons. The van der Waals surface area contributed by atoms with Gasteiger partial charge in [-0.1, -0.05) is 35.9 Å². The van der Waals surface area contributed by atoms with Crippen LogP contribution < -0.4 is 4.74 Å². The molecule has 32 heavy (non-hydrogen) atoms. The van der Waals surface area contributed by atoms with Gasteiger partial charge in [-0.2, -0.15) is 0 Å². The van der Waals surface area contributed by atoms with E-state index < -0.39 is 37.1 Å². The highest BCUT2D eigenvalue weighted by atomic mass is 35.5. The lowest BCUT2D eigenvalue weighted by atomic mass is 9.90. The highest BCUT2D eigenvalue weighted by Gasteiger charge is 2.47. The molecule has 8 atom stereocenters. The summed E-state index contributed by atoms with van der Waals surface area (Å²) in [6, 6.07) is 13.3. The first-order valence-corrected chi connectivity index (χ1v) is 11.6. The molecule has 172 valence electrons. The normalized spacial score (nSPS) is 36.0. The topological polar surface area (TPSA) is 99.4 Å². The number of halogens is 1. The van der Waals surface area contributed by atoms with Crippen molar-refractivity contribution in [3.05, 3.63) is 64.2 Å². The molecule has 2 aliphatic carbocycles. The van der Waals surface area contributed by atoms with Gasteiger partial charge in [0.25, 0.3) is 0 Å². The van der Waals surface area contributed by atoms with E-state index in [1.807, 2.05) is 30.3 Å². The average Bonchev–Trinajstić information content (AvgIpc) is 3.41. The average molecular weight is 461 g/mol. The van der Waals surface area contributed by atoms with Crippen LogP contribution in [0.3, 0.4) is 0 Å². The molecule has 0 spiro atoms. The number of ether oxygens (including phenoxy) is 2. The van der Waals surface area contributed by atoms with Gasteiger partial charge >= 0.3 is 0 Å². The number of hydrogen-bond donors (Lipinski definition) is 4. The van der Waals surface area contributed by atoms with Gasteiger partial charge in [0.15, 0.2) is 0 Å². The predicted octanol–water partition coefficient (Wildman–Crippen LogP) is 2.62. The van der Waals surface area contributed by atoms with Crippen molar-refractivity contribution in [3.8, 4) is 5.75 Å². The number of aliphatic hydroxyl groups excluding tert-OH is 4. The second kappa shape index (κ2) is 8.93. The van der Waals surface area contributed by atoms with Crippen LogP contribution in [0.5, 0.6) is 5.75 Å². The molecule has 2 aromatic rings. The molecule has 1 heterocycles. The summed E-state index contributed by atoms with van der Waals surface area (Å²) < 4.78 is 11.8. The predicted molar refractivity (Wildman–Crippen MR) is 119 cm³/mol. The Morgan fingerprint density at radius 2 is 1.62 bits per heavy atom. The first-order chi connectivity index (χ1) is 15.4. The molecule has 1 unspecified atom stereocenters. The van der Waals surface area contributed by atoms with Gasteiger partial charge in [-0.15, -0.1) is 0 Å². The molecule has 2 saturated carbocycles. The van der Waals surface area contributed by atoms with E-state index in [0.29, 0.717) is 23.1 Å². The molecule has 3 fully saturated rings. The van der Waals surface area contributed by atoms with Gasteiger partial charge in [-0.05, 0) is 72.4 Å². The molecule has 3 aliphatic rings. The fraction of sp³-hybridized carbons (Fsp3) is 0.520. The Morgan fingerprint density at radius 1 is 0.906 bits per heavy atom. The van der Waals surface area contributed by atoms with Gasteiger partial charge in [-0.25, -0.2) is 0 Å². The van der Waals surface area contributed by atoms with Crippen LogP contribution in [0.15, 0.2) is 42.5 Å². The minimum atomic E-state index is -1.41. The van der Waals surface area contributed by atoms with Crippen molar-refractivity contribution in [2.24, 2.45) is 11.8 Å². The van der Waals surface area contributed by atoms with E-state index in [1.165, 1.54) is 19.3 Å². The fourth-order valence-electron chi connectivity index (χ4n) is 5.14. The zero-order valence-electron chi connectivity index (χ0n) is 17.7. The number of hydrogen-bond acceptors (Lipinski definition) is 6. The van der Waals surface area contributed by atoms with Crippen molar-refractivity contribution in [3.63, 3.8) is 0 Å². The molecule has 1 aliphatic heterocycles. The van der Waals surface area contributed by atoms with E-state index in [9.17, 15) is 20.4 Å². The third kappa shape index (κ3) is 4.40. The fourth-order valence-corrected chi connectivity index (χ4v) is 5.32. The van der Waals surface area contributed by atoms with Crippen LogP contribution >= 0.6 is 11.6 Å². The zero-order valence-corrected chi connectivity index (χ0v) is 18.4. The number of rotatable bonds is 6. The highest BCUT2D eigenvalue weighted by Crippen LogP contribution is 2.52. The summed E-state index contributed by atoms with van der Waals surface area (Å²) in [5, 5.41) is 40.6. The van der Waals surface area contributed by atoms with Crippen LogP contribution in [0.4, 0.5) is 0 Å². The summed E-state index contributed by atoms with van der Waals surface area (Å²) in [6.07, 6.45) is -1.30. The van der Waals surface area contributed by atoms with Crippen LogP contribution in [0.25, 0.3) is 0 Å². The molecule has 1 saturated heterocycles. The molecule has 0 aromatic heterocycles. The van der Waals surface area contributed by atoms with E-state index in [4.69, 9.17) is 21.1 Å². The van der Waals surface area contributed by atoms with E-state index in [-0.39, 0.29) is 0 Å². The van der Waals surface area contributed by atoms with Gasteiger partial charge in [0, 0.05) is 5.02 Å². The molecule has 4 N–H and O–H groups in total. The Balaban J connectivity index is 1.28. The Hall–Kier alpha value is -1.67. The molecule has 0 amide bonds. The van der Waals surface area contributed by atoms with E-state index >= 15 is 0 Å².